The van der Waals surface area contributed by atoms with E-state index in [4.69, 9.17) is 5.73 Å². The largest absolute Gasteiger partial charge is 0.358 e. The molecule has 1 unspecified atom stereocenters. The quantitative estimate of drug-likeness (QED) is 0.843. The molecule has 1 rings (SSSR count). The van der Waals surface area contributed by atoms with Gasteiger partial charge >= 0.3 is 0 Å². The minimum absolute atomic E-state index is 0. The number of carbonyl (C=O) groups is 1. The van der Waals surface area contributed by atoms with Crippen LogP contribution in [-0.4, -0.2) is 19.0 Å². The predicted molar refractivity (Wildman–Crippen MR) is 68.8 cm³/mol. The Kier molecular flexibility index (Phi) is 5.48. The standard InChI is InChI=1S/C12H18N2O.ClH/c1-12(2,10(13)11(15)14-3)9-7-5-4-6-8-9;/h4-8,10H,13H2,1-3H3,(H,14,15);1H. The fourth-order valence-corrected chi connectivity index (χ4v) is 1.53. The molecule has 0 bridgehead atoms. The maximum absolute atomic E-state index is 11.5. The summed E-state index contributed by atoms with van der Waals surface area (Å²) in [4.78, 5) is 11.5. The summed E-state index contributed by atoms with van der Waals surface area (Å²) in [7, 11) is 1.60. The van der Waals surface area contributed by atoms with Crippen molar-refractivity contribution in [1.29, 1.82) is 0 Å². The average molecular weight is 243 g/mol. The van der Waals surface area contributed by atoms with Gasteiger partial charge in [0, 0.05) is 12.5 Å². The van der Waals surface area contributed by atoms with Gasteiger partial charge in [-0.2, -0.15) is 0 Å². The molecule has 0 fully saturated rings. The van der Waals surface area contributed by atoms with Crippen LogP contribution in [0.25, 0.3) is 0 Å². The third-order valence-electron chi connectivity index (χ3n) is 2.82. The second-order valence-electron chi connectivity index (χ2n) is 4.18. The molecule has 1 atom stereocenters. The van der Waals surface area contributed by atoms with Crippen LogP contribution in [0.4, 0.5) is 0 Å². The number of nitrogens with two attached hydrogens (primary N) is 1. The average Bonchev–Trinajstić information content (AvgIpc) is 2.28. The molecular formula is C12H19ClN2O. The zero-order valence-electron chi connectivity index (χ0n) is 9.86. The van der Waals surface area contributed by atoms with Crippen molar-refractivity contribution in [1.82, 2.24) is 5.32 Å². The van der Waals surface area contributed by atoms with E-state index in [-0.39, 0.29) is 23.7 Å². The Morgan fingerprint density at radius 3 is 2.25 bits per heavy atom. The van der Waals surface area contributed by atoms with Crippen molar-refractivity contribution in [2.24, 2.45) is 5.73 Å². The molecule has 0 heterocycles. The molecule has 0 aliphatic heterocycles. The van der Waals surface area contributed by atoms with Crippen molar-refractivity contribution in [3.63, 3.8) is 0 Å². The smallest absolute Gasteiger partial charge is 0.237 e. The molecule has 0 aliphatic rings. The zero-order valence-corrected chi connectivity index (χ0v) is 10.7. The highest BCUT2D eigenvalue weighted by Gasteiger charge is 2.32. The first kappa shape index (κ1) is 14.9. The van der Waals surface area contributed by atoms with Crippen molar-refractivity contribution in [2.75, 3.05) is 7.05 Å². The summed E-state index contributed by atoms with van der Waals surface area (Å²) in [6.45, 7) is 3.95. The Morgan fingerprint density at radius 2 is 1.81 bits per heavy atom. The van der Waals surface area contributed by atoms with Gasteiger partial charge in [0.25, 0.3) is 0 Å². The lowest BCUT2D eigenvalue weighted by molar-refractivity contribution is -0.123. The normalized spacial score (nSPS) is 12.5. The summed E-state index contributed by atoms with van der Waals surface area (Å²) in [6, 6.07) is 9.29. The highest BCUT2D eigenvalue weighted by atomic mass is 35.5. The molecule has 0 saturated heterocycles. The minimum atomic E-state index is -0.537. The van der Waals surface area contributed by atoms with Crippen LogP contribution in [0, 0.1) is 0 Å². The number of benzene rings is 1. The SMILES string of the molecule is CNC(=O)C(N)C(C)(C)c1ccccc1.Cl. The van der Waals surface area contributed by atoms with Gasteiger partial charge < -0.3 is 11.1 Å². The minimum Gasteiger partial charge on any atom is -0.358 e. The summed E-state index contributed by atoms with van der Waals surface area (Å²) < 4.78 is 0. The molecule has 16 heavy (non-hydrogen) atoms. The van der Waals surface area contributed by atoms with Crippen LogP contribution >= 0.6 is 12.4 Å². The first-order chi connectivity index (χ1) is 7.00. The Hall–Kier alpha value is -1.06. The van der Waals surface area contributed by atoms with E-state index in [2.05, 4.69) is 5.32 Å². The fourth-order valence-electron chi connectivity index (χ4n) is 1.53. The van der Waals surface area contributed by atoms with Gasteiger partial charge in [0.15, 0.2) is 0 Å². The van der Waals surface area contributed by atoms with E-state index in [1.54, 1.807) is 7.05 Å². The Morgan fingerprint density at radius 1 is 1.31 bits per heavy atom. The number of rotatable bonds is 3. The van der Waals surface area contributed by atoms with Gasteiger partial charge in [-0.1, -0.05) is 44.2 Å². The van der Waals surface area contributed by atoms with Gasteiger partial charge in [-0.05, 0) is 5.56 Å². The number of amides is 1. The monoisotopic (exact) mass is 242 g/mol. The molecule has 0 aliphatic carbocycles. The lowest BCUT2D eigenvalue weighted by Crippen LogP contribution is -2.51. The molecule has 1 aromatic rings. The fraction of sp³-hybridized carbons (Fsp3) is 0.417. The van der Waals surface area contributed by atoms with Crippen molar-refractivity contribution in [2.45, 2.75) is 25.3 Å². The maximum atomic E-state index is 11.5. The van der Waals surface area contributed by atoms with Crippen LogP contribution in [-0.2, 0) is 10.2 Å². The summed E-state index contributed by atoms with van der Waals surface area (Å²) in [5.74, 6) is -0.135. The van der Waals surface area contributed by atoms with E-state index in [0.29, 0.717) is 0 Å². The second-order valence-corrected chi connectivity index (χ2v) is 4.18. The predicted octanol–water partition coefficient (Wildman–Crippen LogP) is 1.46. The molecule has 0 radical (unpaired) electrons. The number of halogens is 1. The number of likely N-dealkylation sites (N-methyl/N-ethyl adjacent to an activating group) is 1. The number of hydrogen-bond acceptors (Lipinski definition) is 2. The Labute approximate surface area is 103 Å². The molecule has 0 aromatic heterocycles. The summed E-state index contributed by atoms with van der Waals surface area (Å²) >= 11 is 0. The summed E-state index contributed by atoms with van der Waals surface area (Å²) in [5.41, 5.74) is 6.64. The molecule has 4 heteroatoms. The van der Waals surface area contributed by atoms with Crippen LogP contribution in [0.5, 0.6) is 0 Å². The van der Waals surface area contributed by atoms with Crippen molar-refractivity contribution in [3.8, 4) is 0 Å². The molecule has 90 valence electrons. The lowest BCUT2D eigenvalue weighted by Gasteiger charge is -2.30. The van der Waals surface area contributed by atoms with E-state index in [9.17, 15) is 4.79 Å². The summed E-state index contributed by atoms with van der Waals surface area (Å²) in [5, 5.41) is 2.58. The molecular weight excluding hydrogens is 224 g/mol. The third kappa shape index (κ3) is 2.97. The maximum Gasteiger partial charge on any atom is 0.237 e. The van der Waals surface area contributed by atoms with Gasteiger partial charge in [-0.25, -0.2) is 0 Å². The highest BCUT2D eigenvalue weighted by molar-refractivity contribution is 5.85. The molecule has 3 N–H and O–H groups in total. The Balaban J connectivity index is 0.00000225. The first-order valence-corrected chi connectivity index (χ1v) is 5.03. The lowest BCUT2D eigenvalue weighted by atomic mass is 9.78. The van der Waals surface area contributed by atoms with E-state index in [0.717, 1.165) is 5.56 Å². The van der Waals surface area contributed by atoms with Crippen LogP contribution in [0.15, 0.2) is 30.3 Å². The van der Waals surface area contributed by atoms with Crippen LogP contribution in [0.3, 0.4) is 0 Å². The van der Waals surface area contributed by atoms with Crippen molar-refractivity contribution >= 4 is 18.3 Å². The van der Waals surface area contributed by atoms with Crippen LogP contribution < -0.4 is 11.1 Å². The molecule has 0 saturated carbocycles. The van der Waals surface area contributed by atoms with Crippen LogP contribution in [0.2, 0.25) is 0 Å². The van der Waals surface area contributed by atoms with E-state index >= 15 is 0 Å². The van der Waals surface area contributed by atoms with Gasteiger partial charge in [0.05, 0.1) is 6.04 Å². The molecule has 1 amide bonds. The van der Waals surface area contributed by atoms with Crippen molar-refractivity contribution in [3.05, 3.63) is 35.9 Å². The molecule has 1 aromatic carbocycles. The first-order valence-electron chi connectivity index (χ1n) is 5.03. The van der Waals surface area contributed by atoms with Gasteiger partial charge in [0.1, 0.15) is 0 Å². The molecule has 3 nitrogen and oxygen atoms in total. The van der Waals surface area contributed by atoms with Gasteiger partial charge in [-0.3, -0.25) is 4.79 Å². The van der Waals surface area contributed by atoms with E-state index < -0.39 is 6.04 Å². The van der Waals surface area contributed by atoms with Gasteiger partial charge in [0.2, 0.25) is 5.91 Å². The number of nitrogens with one attached hydrogen (secondary N) is 1. The highest BCUT2D eigenvalue weighted by Crippen LogP contribution is 2.25. The third-order valence-corrected chi connectivity index (χ3v) is 2.82. The second kappa shape index (κ2) is 5.87. The van der Waals surface area contributed by atoms with E-state index in [1.165, 1.54) is 0 Å². The molecule has 0 spiro atoms. The number of hydrogen-bond donors (Lipinski definition) is 2. The van der Waals surface area contributed by atoms with Gasteiger partial charge in [-0.15, -0.1) is 12.4 Å². The Bertz CT molecular complexity index is 338. The number of carbonyl (C=O) groups excluding carboxylic acids is 1. The topological polar surface area (TPSA) is 55.1 Å². The summed E-state index contributed by atoms with van der Waals surface area (Å²) in [6.07, 6.45) is 0. The van der Waals surface area contributed by atoms with Crippen LogP contribution in [0.1, 0.15) is 19.4 Å². The van der Waals surface area contributed by atoms with Crippen molar-refractivity contribution < 1.29 is 4.79 Å². The zero-order chi connectivity index (χ0) is 11.5. The van der Waals surface area contributed by atoms with E-state index in [1.807, 2.05) is 44.2 Å².